The first kappa shape index (κ1) is 11.9. The van der Waals surface area contributed by atoms with E-state index in [4.69, 9.17) is 23.2 Å². The van der Waals surface area contributed by atoms with Gasteiger partial charge in [-0.25, -0.2) is 4.39 Å². The maximum absolute atomic E-state index is 13.6. The maximum atomic E-state index is 13.6. The molecule has 16 heavy (non-hydrogen) atoms. The average Bonchev–Trinajstić information content (AvgIpc) is 2.23. The van der Waals surface area contributed by atoms with Gasteiger partial charge in [-0.05, 0) is 45.8 Å². The highest BCUT2D eigenvalue weighted by atomic mass is 79.9. The smallest absolute Gasteiger partial charge is 0.132 e. The van der Waals surface area contributed by atoms with Crippen molar-refractivity contribution in [3.05, 3.63) is 56.7 Å². The highest BCUT2D eigenvalue weighted by molar-refractivity contribution is 9.10. The molecule has 0 saturated heterocycles. The Morgan fingerprint density at radius 3 is 2.38 bits per heavy atom. The van der Waals surface area contributed by atoms with Gasteiger partial charge in [-0.3, -0.25) is 0 Å². The highest BCUT2D eigenvalue weighted by Crippen LogP contribution is 2.34. The number of rotatable bonds is 1. The molecule has 2 rings (SSSR count). The van der Waals surface area contributed by atoms with Crippen molar-refractivity contribution in [3.63, 3.8) is 0 Å². The van der Waals surface area contributed by atoms with E-state index in [9.17, 15) is 4.39 Å². The van der Waals surface area contributed by atoms with Gasteiger partial charge in [0.1, 0.15) is 5.82 Å². The fourth-order valence-electron chi connectivity index (χ4n) is 1.43. The summed E-state index contributed by atoms with van der Waals surface area (Å²) in [4.78, 5) is 0. The van der Waals surface area contributed by atoms with E-state index in [0.29, 0.717) is 21.2 Å². The predicted octanol–water partition coefficient (Wildman–Crippen LogP) is 5.56. The van der Waals surface area contributed by atoms with Gasteiger partial charge < -0.3 is 0 Å². The van der Waals surface area contributed by atoms with E-state index in [2.05, 4.69) is 15.9 Å². The van der Waals surface area contributed by atoms with Crippen molar-refractivity contribution in [2.24, 2.45) is 0 Å². The van der Waals surface area contributed by atoms with Crippen molar-refractivity contribution in [2.75, 3.05) is 0 Å². The summed E-state index contributed by atoms with van der Waals surface area (Å²) < 4.78 is 14.4. The Morgan fingerprint density at radius 2 is 1.75 bits per heavy atom. The van der Waals surface area contributed by atoms with Crippen LogP contribution in [0.25, 0.3) is 11.1 Å². The summed E-state index contributed by atoms with van der Waals surface area (Å²) in [6, 6.07) is 9.80. The normalized spacial score (nSPS) is 10.5. The van der Waals surface area contributed by atoms with E-state index in [-0.39, 0.29) is 5.82 Å². The Bertz CT molecular complexity index is 520. The van der Waals surface area contributed by atoms with Gasteiger partial charge in [0.2, 0.25) is 0 Å². The maximum Gasteiger partial charge on any atom is 0.132 e. The zero-order valence-electron chi connectivity index (χ0n) is 7.98. The molecule has 0 aliphatic carbocycles. The fraction of sp³-hybridized carbons (Fsp3) is 0. The van der Waals surface area contributed by atoms with Crippen molar-refractivity contribution in [1.29, 1.82) is 0 Å². The number of benzene rings is 2. The van der Waals surface area contributed by atoms with E-state index < -0.39 is 0 Å². The van der Waals surface area contributed by atoms with Crippen LogP contribution in [-0.4, -0.2) is 0 Å². The summed E-state index contributed by atoms with van der Waals surface area (Å²) in [5, 5.41) is 0.898. The van der Waals surface area contributed by atoms with Crippen LogP contribution in [0.1, 0.15) is 0 Å². The van der Waals surface area contributed by atoms with E-state index in [1.807, 2.05) is 0 Å². The molecular formula is C12H6BrCl2F. The third-order valence-corrected chi connectivity index (χ3v) is 3.72. The van der Waals surface area contributed by atoms with Gasteiger partial charge in [-0.15, -0.1) is 0 Å². The molecule has 0 bridgehead atoms. The minimum absolute atomic E-state index is 0.356. The molecule has 0 heterocycles. The third-order valence-electron chi connectivity index (χ3n) is 2.17. The topological polar surface area (TPSA) is 0 Å². The fourth-order valence-corrected chi connectivity index (χ4v) is 2.12. The van der Waals surface area contributed by atoms with Crippen molar-refractivity contribution < 1.29 is 4.39 Å². The number of halogens is 4. The zero-order chi connectivity index (χ0) is 11.7. The Hall–Kier alpha value is -0.570. The Morgan fingerprint density at radius 1 is 1.00 bits per heavy atom. The lowest BCUT2D eigenvalue weighted by Crippen LogP contribution is -1.85. The molecule has 82 valence electrons. The first-order chi connectivity index (χ1) is 7.59. The lowest BCUT2D eigenvalue weighted by Gasteiger charge is -2.07. The van der Waals surface area contributed by atoms with Crippen LogP contribution < -0.4 is 0 Å². The van der Waals surface area contributed by atoms with Crippen LogP contribution in [0.3, 0.4) is 0 Å². The Labute approximate surface area is 111 Å². The first-order valence-electron chi connectivity index (χ1n) is 4.49. The van der Waals surface area contributed by atoms with Crippen LogP contribution in [0.2, 0.25) is 10.0 Å². The van der Waals surface area contributed by atoms with E-state index in [0.717, 1.165) is 4.47 Å². The van der Waals surface area contributed by atoms with Crippen LogP contribution in [0.5, 0.6) is 0 Å². The van der Waals surface area contributed by atoms with Crippen LogP contribution in [0.4, 0.5) is 4.39 Å². The molecule has 0 fully saturated rings. The molecule has 4 heteroatoms. The zero-order valence-corrected chi connectivity index (χ0v) is 11.1. The summed E-state index contributed by atoms with van der Waals surface area (Å²) in [6.45, 7) is 0. The first-order valence-corrected chi connectivity index (χ1v) is 6.04. The standard InChI is InChI=1S/C12H6BrCl2F/c13-8-5-4-7(6-10(8)15)12-9(14)2-1-3-11(12)16/h1-6H. The molecule has 0 N–H and O–H groups in total. The van der Waals surface area contributed by atoms with Gasteiger partial charge in [0, 0.05) is 10.0 Å². The number of hydrogen-bond donors (Lipinski definition) is 0. The molecule has 0 nitrogen and oxygen atoms in total. The molecule has 0 aromatic heterocycles. The SMILES string of the molecule is Fc1cccc(Cl)c1-c1ccc(Br)c(Cl)c1. The minimum Gasteiger partial charge on any atom is -0.206 e. The Kier molecular flexibility index (Phi) is 3.53. The molecule has 0 saturated carbocycles. The number of hydrogen-bond acceptors (Lipinski definition) is 0. The molecule has 0 amide bonds. The Balaban J connectivity index is 2.63. The average molecular weight is 320 g/mol. The predicted molar refractivity (Wildman–Crippen MR) is 69.6 cm³/mol. The van der Waals surface area contributed by atoms with Gasteiger partial charge in [0.25, 0.3) is 0 Å². The van der Waals surface area contributed by atoms with Crippen molar-refractivity contribution in [3.8, 4) is 11.1 Å². The lowest BCUT2D eigenvalue weighted by molar-refractivity contribution is 0.631. The van der Waals surface area contributed by atoms with Gasteiger partial charge in [-0.2, -0.15) is 0 Å². The van der Waals surface area contributed by atoms with Crippen molar-refractivity contribution in [1.82, 2.24) is 0 Å². The van der Waals surface area contributed by atoms with E-state index >= 15 is 0 Å². The largest absolute Gasteiger partial charge is 0.206 e. The molecule has 0 unspecified atom stereocenters. The molecule has 0 radical (unpaired) electrons. The highest BCUT2D eigenvalue weighted by Gasteiger charge is 2.10. The summed E-state index contributed by atoms with van der Waals surface area (Å²) in [7, 11) is 0. The molecule has 0 spiro atoms. The second kappa shape index (κ2) is 4.74. The third kappa shape index (κ3) is 2.24. The second-order valence-corrected chi connectivity index (χ2v) is 4.89. The monoisotopic (exact) mass is 318 g/mol. The summed E-state index contributed by atoms with van der Waals surface area (Å²) in [5.74, 6) is -0.356. The minimum atomic E-state index is -0.356. The van der Waals surface area contributed by atoms with E-state index in [1.165, 1.54) is 6.07 Å². The summed E-state index contributed by atoms with van der Waals surface area (Å²) >= 11 is 15.2. The summed E-state index contributed by atoms with van der Waals surface area (Å²) in [5.41, 5.74) is 1.04. The van der Waals surface area contributed by atoms with Gasteiger partial charge in [0.05, 0.1) is 10.0 Å². The van der Waals surface area contributed by atoms with Crippen molar-refractivity contribution >= 4 is 39.1 Å². The van der Waals surface area contributed by atoms with E-state index in [1.54, 1.807) is 30.3 Å². The van der Waals surface area contributed by atoms with Crippen LogP contribution in [0, 0.1) is 5.82 Å². The second-order valence-electron chi connectivity index (χ2n) is 3.23. The van der Waals surface area contributed by atoms with Gasteiger partial charge in [0.15, 0.2) is 0 Å². The van der Waals surface area contributed by atoms with Crippen LogP contribution in [0.15, 0.2) is 40.9 Å². The summed E-state index contributed by atoms with van der Waals surface area (Å²) in [6.07, 6.45) is 0. The van der Waals surface area contributed by atoms with Crippen LogP contribution in [-0.2, 0) is 0 Å². The van der Waals surface area contributed by atoms with Crippen molar-refractivity contribution in [2.45, 2.75) is 0 Å². The molecule has 2 aromatic carbocycles. The molecule has 0 atom stereocenters. The molecule has 2 aromatic rings. The molecule has 0 aliphatic heterocycles. The molecular weight excluding hydrogens is 314 g/mol. The van der Waals surface area contributed by atoms with Gasteiger partial charge >= 0.3 is 0 Å². The van der Waals surface area contributed by atoms with Crippen LogP contribution >= 0.6 is 39.1 Å². The quantitative estimate of drug-likeness (QED) is 0.645. The molecule has 0 aliphatic rings. The van der Waals surface area contributed by atoms with Gasteiger partial charge in [-0.1, -0.05) is 35.3 Å². The lowest BCUT2D eigenvalue weighted by atomic mass is 10.1.